The van der Waals surface area contributed by atoms with E-state index in [1.165, 1.54) is 11.3 Å². The number of aryl methyl sites for hydroxylation is 1. The van der Waals surface area contributed by atoms with Gasteiger partial charge in [0.25, 0.3) is 5.91 Å². The SMILES string of the molecule is Cc1nc(C(=O)Nc2ccc(C#CCCO)cc2)cs1. The number of hydrogen-bond donors (Lipinski definition) is 2. The van der Waals surface area contributed by atoms with Gasteiger partial charge in [-0.05, 0) is 31.2 Å². The van der Waals surface area contributed by atoms with Crippen LogP contribution in [0.25, 0.3) is 0 Å². The van der Waals surface area contributed by atoms with Gasteiger partial charge in [0.15, 0.2) is 0 Å². The van der Waals surface area contributed by atoms with E-state index in [0.29, 0.717) is 17.8 Å². The summed E-state index contributed by atoms with van der Waals surface area (Å²) in [5.74, 6) is 5.56. The molecule has 0 saturated heterocycles. The van der Waals surface area contributed by atoms with E-state index in [4.69, 9.17) is 5.11 Å². The maximum atomic E-state index is 11.9. The molecule has 0 spiro atoms. The number of nitrogens with one attached hydrogen (secondary N) is 1. The first kappa shape index (κ1) is 14.3. The van der Waals surface area contributed by atoms with E-state index < -0.39 is 0 Å². The number of amides is 1. The van der Waals surface area contributed by atoms with Crippen molar-refractivity contribution in [3.63, 3.8) is 0 Å². The second kappa shape index (κ2) is 6.85. The fourth-order valence-corrected chi connectivity index (χ4v) is 2.11. The van der Waals surface area contributed by atoms with E-state index in [0.717, 1.165) is 10.6 Å². The highest BCUT2D eigenvalue weighted by atomic mass is 32.1. The summed E-state index contributed by atoms with van der Waals surface area (Å²) in [5.41, 5.74) is 1.98. The van der Waals surface area contributed by atoms with Crippen molar-refractivity contribution in [3.8, 4) is 11.8 Å². The van der Waals surface area contributed by atoms with Crippen LogP contribution in [0, 0.1) is 18.8 Å². The minimum absolute atomic E-state index is 0.0637. The number of anilines is 1. The fraction of sp³-hybridized carbons (Fsp3) is 0.200. The highest BCUT2D eigenvalue weighted by molar-refractivity contribution is 7.09. The van der Waals surface area contributed by atoms with Crippen molar-refractivity contribution < 1.29 is 9.90 Å². The predicted molar refractivity (Wildman–Crippen MR) is 79.8 cm³/mol. The van der Waals surface area contributed by atoms with Crippen molar-refractivity contribution in [1.29, 1.82) is 0 Å². The summed E-state index contributed by atoms with van der Waals surface area (Å²) in [6.07, 6.45) is 0.460. The molecule has 0 fully saturated rings. The van der Waals surface area contributed by atoms with Gasteiger partial charge in [0, 0.05) is 23.1 Å². The average Bonchev–Trinajstić information content (AvgIpc) is 2.88. The third-order valence-corrected chi connectivity index (χ3v) is 3.24. The van der Waals surface area contributed by atoms with E-state index in [2.05, 4.69) is 22.1 Å². The van der Waals surface area contributed by atoms with Crippen LogP contribution in [-0.2, 0) is 0 Å². The van der Waals surface area contributed by atoms with Gasteiger partial charge in [-0.15, -0.1) is 11.3 Å². The fourth-order valence-electron chi connectivity index (χ4n) is 1.52. The van der Waals surface area contributed by atoms with Crippen LogP contribution in [0.4, 0.5) is 5.69 Å². The molecule has 0 atom stereocenters. The first-order chi connectivity index (χ1) is 9.69. The second-order valence-electron chi connectivity index (χ2n) is 4.06. The minimum Gasteiger partial charge on any atom is -0.395 e. The van der Waals surface area contributed by atoms with Crippen molar-refractivity contribution in [3.05, 3.63) is 45.9 Å². The van der Waals surface area contributed by atoms with Crippen LogP contribution in [0.5, 0.6) is 0 Å². The topological polar surface area (TPSA) is 62.2 Å². The first-order valence-electron chi connectivity index (χ1n) is 6.12. The van der Waals surface area contributed by atoms with Crippen LogP contribution < -0.4 is 5.32 Å². The summed E-state index contributed by atoms with van der Waals surface area (Å²) in [6.45, 7) is 1.93. The van der Waals surface area contributed by atoms with Crippen LogP contribution in [0.2, 0.25) is 0 Å². The summed E-state index contributed by atoms with van der Waals surface area (Å²) < 4.78 is 0. The Morgan fingerprint density at radius 3 is 2.75 bits per heavy atom. The number of hydrogen-bond acceptors (Lipinski definition) is 4. The van der Waals surface area contributed by atoms with Crippen LogP contribution in [0.15, 0.2) is 29.6 Å². The zero-order valence-electron chi connectivity index (χ0n) is 11.0. The number of carbonyl (C=O) groups is 1. The van der Waals surface area contributed by atoms with Crippen LogP contribution in [-0.4, -0.2) is 22.6 Å². The van der Waals surface area contributed by atoms with Gasteiger partial charge >= 0.3 is 0 Å². The molecule has 5 heteroatoms. The summed E-state index contributed by atoms with van der Waals surface area (Å²) >= 11 is 1.45. The van der Waals surface area contributed by atoms with E-state index in [-0.39, 0.29) is 12.5 Å². The molecule has 2 rings (SSSR count). The minimum atomic E-state index is -0.214. The van der Waals surface area contributed by atoms with E-state index in [1.54, 1.807) is 17.5 Å². The summed E-state index contributed by atoms with van der Waals surface area (Å²) in [7, 11) is 0. The maximum Gasteiger partial charge on any atom is 0.275 e. The lowest BCUT2D eigenvalue weighted by Crippen LogP contribution is -2.12. The monoisotopic (exact) mass is 286 g/mol. The zero-order chi connectivity index (χ0) is 14.4. The van der Waals surface area contributed by atoms with Gasteiger partial charge in [-0.3, -0.25) is 4.79 Å². The molecule has 0 aliphatic carbocycles. The molecule has 2 aromatic rings. The number of benzene rings is 1. The Balaban J connectivity index is 2.01. The standard InChI is InChI=1S/C15H14N2O2S/c1-11-16-14(10-20-11)15(19)17-13-7-5-12(6-8-13)4-2-3-9-18/h5-8,10,18H,3,9H2,1H3,(H,17,19). The number of aliphatic hydroxyl groups is 1. The maximum absolute atomic E-state index is 11.9. The Morgan fingerprint density at radius 2 is 2.15 bits per heavy atom. The van der Waals surface area contributed by atoms with Crippen LogP contribution >= 0.6 is 11.3 Å². The molecule has 0 radical (unpaired) electrons. The third-order valence-electron chi connectivity index (χ3n) is 2.46. The number of thiazole rings is 1. The lowest BCUT2D eigenvalue weighted by atomic mass is 10.2. The Morgan fingerprint density at radius 1 is 1.40 bits per heavy atom. The van der Waals surface area contributed by atoms with Crippen molar-refractivity contribution in [2.24, 2.45) is 0 Å². The van der Waals surface area contributed by atoms with Crippen molar-refractivity contribution in [2.45, 2.75) is 13.3 Å². The van der Waals surface area contributed by atoms with Gasteiger partial charge in [-0.25, -0.2) is 4.98 Å². The molecule has 0 unspecified atom stereocenters. The molecule has 2 N–H and O–H groups in total. The van der Waals surface area contributed by atoms with Gasteiger partial charge < -0.3 is 10.4 Å². The Hall–Kier alpha value is -2.16. The predicted octanol–water partition coefficient (Wildman–Crippen LogP) is 2.44. The highest BCUT2D eigenvalue weighted by Gasteiger charge is 2.09. The Kier molecular flexibility index (Phi) is 4.88. The van der Waals surface area contributed by atoms with Crippen molar-refractivity contribution >= 4 is 22.9 Å². The molecule has 4 nitrogen and oxygen atoms in total. The number of carbonyl (C=O) groups excluding carboxylic acids is 1. The molecular weight excluding hydrogens is 272 g/mol. The largest absolute Gasteiger partial charge is 0.395 e. The molecule has 0 aliphatic heterocycles. The van der Waals surface area contributed by atoms with Crippen molar-refractivity contribution in [1.82, 2.24) is 4.98 Å². The molecule has 1 aromatic carbocycles. The summed E-state index contributed by atoms with van der Waals surface area (Å²) in [4.78, 5) is 16.0. The molecule has 0 saturated carbocycles. The molecule has 1 aromatic heterocycles. The van der Waals surface area contributed by atoms with E-state index in [1.807, 2.05) is 19.1 Å². The number of nitrogens with zero attached hydrogens (tertiary/aromatic N) is 1. The number of aromatic nitrogens is 1. The third kappa shape index (κ3) is 3.92. The molecule has 0 bridgehead atoms. The number of aliphatic hydroxyl groups excluding tert-OH is 1. The number of rotatable bonds is 3. The van der Waals surface area contributed by atoms with Crippen LogP contribution in [0.1, 0.15) is 27.5 Å². The quantitative estimate of drug-likeness (QED) is 0.852. The lowest BCUT2D eigenvalue weighted by molar-refractivity contribution is 0.102. The van der Waals surface area contributed by atoms with Crippen molar-refractivity contribution in [2.75, 3.05) is 11.9 Å². The molecule has 102 valence electrons. The normalized spacial score (nSPS) is 9.70. The average molecular weight is 286 g/mol. The Bertz CT molecular complexity index is 651. The molecule has 20 heavy (non-hydrogen) atoms. The van der Waals surface area contributed by atoms with E-state index in [9.17, 15) is 4.79 Å². The molecule has 1 amide bonds. The van der Waals surface area contributed by atoms with E-state index >= 15 is 0 Å². The smallest absolute Gasteiger partial charge is 0.275 e. The van der Waals surface area contributed by atoms with Gasteiger partial charge in [0.1, 0.15) is 5.69 Å². The molecular formula is C15H14N2O2S. The first-order valence-corrected chi connectivity index (χ1v) is 7.00. The molecule has 1 heterocycles. The van der Waals surface area contributed by atoms with Gasteiger partial charge in [0.2, 0.25) is 0 Å². The Labute approximate surface area is 121 Å². The zero-order valence-corrected chi connectivity index (χ0v) is 11.8. The van der Waals surface area contributed by atoms with Gasteiger partial charge in [-0.1, -0.05) is 11.8 Å². The summed E-state index contributed by atoms with van der Waals surface area (Å²) in [6, 6.07) is 7.23. The van der Waals surface area contributed by atoms with Gasteiger partial charge in [-0.2, -0.15) is 0 Å². The summed E-state index contributed by atoms with van der Waals surface area (Å²) in [5, 5.41) is 14.0. The second-order valence-corrected chi connectivity index (χ2v) is 5.12. The highest BCUT2D eigenvalue weighted by Crippen LogP contribution is 2.13. The lowest BCUT2D eigenvalue weighted by Gasteiger charge is -2.02. The van der Waals surface area contributed by atoms with Crippen LogP contribution in [0.3, 0.4) is 0 Å². The van der Waals surface area contributed by atoms with Gasteiger partial charge in [0.05, 0.1) is 11.6 Å². The molecule has 0 aliphatic rings.